The molecule has 0 atom stereocenters. The maximum atomic E-state index is 12.7. The van der Waals surface area contributed by atoms with E-state index in [9.17, 15) is 9.59 Å². The number of fused-ring (bicyclic) bond motifs is 1. The molecule has 0 aliphatic carbocycles. The first-order valence-electron chi connectivity index (χ1n) is 9.79. The number of hydrogen-bond donors (Lipinski definition) is 1. The van der Waals surface area contributed by atoms with Crippen LogP contribution >= 0.6 is 11.3 Å². The topological polar surface area (TPSA) is 61.9 Å². The first-order chi connectivity index (χ1) is 13.3. The average Bonchev–Trinajstić information content (AvgIpc) is 2.88. The second-order valence-electron chi connectivity index (χ2n) is 8.01. The molecule has 1 aromatic heterocycles. The molecule has 2 heterocycles. The standard InChI is InChI=1S/C21H29N3O3S/c1-5-27-19(25)18-14-15-13-16(7-8-17(15)28-18)22-20(26)23-9-6-10-24(12-11-23)21(2,3)4/h7-8,13-14H,5-6,9-12H2,1-4H3,(H,22,26). The van der Waals surface area contributed by atoms with Crippen molar-refractivity contribution in [3.63, 3.8) is 0 Å². The lowest BCUT2D eigenvalue weighted by molar-refractivity contribution is 0.0532. The Bertz CT molecular complexity index is 856. The van der Waals surface area contributed by atoms with Gasteiger partial charge in [-0.2, -0.15) is 0 Å². The third-order valence-corrected chi connectivity index (χ3v) is 6.07. The molecule has 1 N–H and O–H groups in total. The summed E-state index contributed by atoms with van der Waals surface area (Å²) in [4.78, 5) is 29.5. The number of nitrogens with zero attached hydrogens (tertiary/aromatic N) is 2. The molecule has 2 amide bonds. The molecule has 0 bridgehead atoms. The molecule has 2 aromatic rings. The van der Waals surface area contributed by atoms with Gasteiger partial charge in [0.15, 0.2) is 0 Å². The van der Waals surface area contributed by atoms with Crippen molar-refractivity contribution in [1.29, 1.82) is 0 Å². The minimum Gasteiger partial charge on any atom is -0.462 e. The third-order valence-electron chi connectivity index (χ3n) is 4.98. The van der Waals surface area contributed by atoms with Crippen LogP contribution in [0.4, 0.5) is 10.5 Å². The van der Waals surface area contributed by atoms with Crippen LogP contribution in [0.1, 0.15) is 43.8 Å². The van der Waals surface area contributed by atoms with Gasteiger partial charge in [0.25, 0.3) is 0 Å². The van der Waals surface area contributed by atoms with Crippen molar-refractivity contribution >= 4 is 39.1 Å². The largest absolute Gasteiger partial charge is 0.462 e. The maximum Gasteiger partial charge on any atom is 0.348 e. The van der Waals surface area contributed by atoms with Crippen LogP contribution in [-0.2, 0) is 4.74 Å². The lowest BCUT2D eigenvalue weighted by Gasteiger charge is -2.34. The van der Waals surface area contributed by atoms with Crippen molar-refractivity contribution in [3.05, 3.63) is 29.1 Å². The molecule has 1 aromatic carbocycles. The SMILES string of the molecule is CCOC(=O)c1cc2cc(NC(=O)N3CCCN(C(C)(C)C)CC3)ccc2s1. The summed E-state index contributed by atoms with van der Waals surface area (Å²) < 4.78 is 6.06. The molecular formula is C21H29N3O3S. The molecule has 1 saturated heterocycles. The number of rotatable bonds is 3. The summed E-state index contributed by atoms with van der Waals surface area (Å²) in [6.07, 6.45) is 0.969. The molecule has 0 radical (unpaired) electrons. The van der Waals surface area contributed by atoms with Crippen molar-refractivity contribution in [2.24, 2.45) is 0 Å². The Morgan fingerprint density at radius 2 is 1.93 bits per heavy atom. The predicted octanol–water partition coefficient (Wildman–Crippen LogP) is 4.42. The molecule has 152 valence electrons. The number of amides is 2. The highest BCUT2D eigenvalue weighted by molar-refractivity contribution is 7.20. The lowest BCUT2D eigenvalue weighted by atomic mass is 10.1. The Balaban J connectivity index is 1.66. The van der Waals surface area contributed by atoms with Crippen LogP contribution in [0.3, 0.4) is 0 Å². The van der Waals surface area contributed by atoms with Gasteiger partial charge >= 0.3 is 12.0 Å². The van der Waals surface area contributed by atoms with Crippen LogP contribution in [0, 0.1) is 0 Å². The molecule has 1 fully saturated rings. The summed E-state index contributed by atoms with van der Waals surface area (Å²) in [5.41, 5.74) is 0.857. The summed E-state index contributed by atoms with van der Waals surface area (Å²) in [7, 11) is 0. The molecule has 1 aliphatic rings. The van der Waals surface area contributed by atoms with E-state index < -0.39 is 0 Å². The van der Waals surface area contributed by atoms with E-state index in [2.05, 4.69) is 31.0 Å². The van der Waals surface area contributed by atoms with Crippen LogP contribution < -0.4 is 5.32 Å². The fraction of sp³-hybridized carbons (Fsp3) is 0.524. The number of carbonyl (C=O) groups excluding carboxylic acids is 2. The van der Waals surface area contributed by atoms with Crippen LogP contribution in [-0.4, -0.2) is 60.1 Å². The first-order valence-corrected chi connectivity index (χ1v) is 10.6. The van der Waals surface area contributed by atoms with Crippen molar-refractivity contribution in [1.82, 2.24) is 9.80 Å². The van der Waals surface area contributed by atoms with E-state index in [0.717, 1.165) is 48.4 Å². The third kappa shape index (κ3) is 4.83. The van der Waals surface area contributed by atoms with Crippen LogP contribution in [0.5, 0.6) is 0 Å². The maximum absolute atomic E-state index is 12.7. The summed E-state index contributed by atoms with van der Waals surface area (Å²) in [5, 5.41) is 3.94. The molecule has 0 spiro atoms. The van der Waals surface area contributed by atoms with Gasteiger partial charge in [-0.1, -0.05) is 0 Å². The number of nitrogens with one attached hydrogen (secondary N) is 1. The molecule has 1 aliphatic heterocycles. The van der Waals surface area contributed by atoms with E-state index in [1.807, 2.05) is 29.2 Å². The molecular weight excluding hydrogens is 374 g/mol. The number of anilines is 1. The van der Waals surface area contributed by atoms with Crippen molar-refractivity contribution in [2.75, 3.05) is 38.1 Å². The number of esters is 1. The molecule has 6 nitrogen and oxygen atoms in total. The molecule has 0 unspecified atom stereocenters. The fourth-order valence-corrected chi connectivity index (χ4v) is 4.35. The highest BCUT2D eigenvalue weighted by atomic mass is 32.1. The van der Waals surface area contributed by atoms with Gasteiger partial charge in [0.2, 0.25) is 0 Å². The normalized spacial score (nSPS) is 16.1. The van der Waals surface area contributed by atoms with Crippen molar-refractivity contribution < 1.29 is 14.3 Å². The Labute approximate surface area is 170 Å². The molecule has 7 heteroatoms. The quantitative estimate of drug-likeness (QED) is 0.771. The smallest absolute Gasteiger partial charge is 0.348 e. The Hall–Kier alpha value is -2.12. The summed E-state index contributed by atoms with van der Waals surface area (Å²) in [5.74, 6) is -0.303. The minimum atomic E-state index is -0.303. The second kappa shape index (κ2) is 8.49. The summed E-state index contributed by atoms with van der Waals surface area (Å²) >= 11 is 1.40. The molecule has 28 heavy (non-hydrogen) atoms. The van der Waals surface area contributed by atoms with E-state index in [0.29, 0.717) is 11.5 Å². The molecule has 0 saturated carbocycles. The number of hydrogen-bond acceptors (Lipinski definition) is 5. The summed E-state index contributed by atoms with van der Waals surface area (Å²) in [6.45, 7) is 12.1. The van der Waals surface area contributed by atoms with E-state index in [1.54, 1.807) is 6.92 Å². The molecule has 3 rings (SSSR count). The first kappa shape index (κ1) is 20.6. The number of benzene rings is 1. The van der Waals surface area contributed by atoms with E-state index in [-0.39, 0.29) is 17.5 Å². The van der Waals surface area contributed by atoms with Crippen molar-refractivity contribution in [3.8, 4) is 0 Å². The Kier molecular flexibility index (Phi) is 6.25. The Morgan fingerprint density at radius 1 is 1.14 bits per heavy atom. The number of carbonyl (C=O) groups is 2. The van der Waals surface area contributed by atoms with Crippen LogP contribution in [0.15, 0.2) is 24.3 Å². The van der Waals surface area contributed by atoms with Crippen molar-refractivity contribution in [2.45, 2.75) is 39.7 Å². The summed E-state index contributed by atoms with van der Waals surface area (Å²) in [6, 6.07) is 7.47. The van der Waals surface area contributed by atoms with Gasteiger partial charge < -0.3 is 15.0 Å². The number of urea groups is 1. The number of ether oxygens (including phenoxy) is 1. The van der Waals surface area contributed by atoms with E-state index in [1.165, 1.54) is 11.3 Å². The van der Waals surface area contributed by atoms with E-state index >= 15 is 0 Å². The predicted molar refractivity (Wildman–Crippen MR) is 114 cm³/mol. The minimum absolute atomic E-state index is 0.0732. The number of thiophene rings is 1. The van der Waals surface area contributed by atoms with Gasteiger partial charge in [-0.15, -0.1) is 11.3 Å². The lowest BCUT2D eigenvalue weighted by Crippen LogP contribution is -2.44. The average molecular weight is 404 g/mol. The van der Waals surface area contributed by atoms with E-state index in [4.69, 9.17) is 4.74 Å². The zero-order chi connectivity index (χ0) is 20.3. The highest BCUT2D eigenvalue weighted by Crippen LogP contribution is 2.29. The van der Waals surface area contributed by atoms with Crippen LogP contribution in [0.25, 0.3) is 10.1 Å². The van der Waals surface area contributed by atoms with Gasteiger partial charge in [-0.05, 0) is 63.8 Å². The van der Waals surface area contributed by atoms with Gasteiger partial charge in [0.1, 0.15) is 4.88 Å². The zero-order valence-electron chi connectivity index (χ0n) is 17.1. The van der Waals surface area contributed by atoms with Gasteiger partial charge in [0.05, 0.1) is 6.61 Å². The van der Waals surface area contributed by atoms with Gasteiger partial charge in [0, 0.05) is 42.1 Å². The monoisotopic (exact) mass is 403 g/mol. The second-order valence-corrected chi connectivity index (χ2v) is 9.10. The zero-order valence-corrected chi connectivity index (χ0v) is 17.9. The van der Waals surface area contributed by atoms with Gasteiger partial charge in [-0.25, -0.2) is 9.59 Å². The fourth-order valence-electron chi connectivity index (χ4n) is 3.42. The van der Waals surface area contributed by atoms with Crippen LogP contribution in [0.2, 0.25) is 0 Å². The Morgan fingerprint density at radius 3 is 2.64 bits per heavy atom. The highest BCUT2D eigenvalue weighted by Gasteiger charge is 2.25. The van der Waals surface area contributed by atoms with Gasteiger partial charge in [-0.3, -0.25) is 4.90 Å².